The quantitative estimate of drug-likeness (QED) is 0.878. The number of nitrogens with one attached hydrogen (secondary N) is 1. The fraction of sp³-hybridized carbons (Fsp3) is 0.200. The Morgan fingerprint density at radius 2 is 1.90 bits per heavy atom. The number of carbonyl (C=O) groups is 2. The van der Waals surface area contributed by atoms with Gasteiger partial charge in [-0.15, -0.1) is 11.3 Å². The maximum absolute atomic E-state index is 12.1. The van der Waals surface area contributed by atoms with Crippen LogP contribution in [-0.4, -0.2) is 19.0 Å². The lowest BCUT2D eigenvalue weighted by Crippen LogP contribution is -2.12. The van der Waals surface area contributed by atoms with Crippen molar-refractivity contribution in [3.05, 3.63) is 51.7 Å². The second kappa shape index (κ2) is 6.34. The van der Waals surface area contributed by atoms with Gasteiger partial charge in [-0.3, -0.25) is 4.79 Å². The van der Waals surface area contributed by atoms with Crippen LogP contribution in [0.1, 0.15) is 32.5 Å². The number of ether oxygens (including phenoxy) is 1. The smallest absolute Gasteiger partial charge is 0.337 e. The highest BCUT2D eigenvalue weighted by Gasteiger charge is 2.12. The van der Waals surface area contributed by atoms with Crippen molar-refractivity contribution in [3.8, 4) is 0 Å². The van der Waals surface area contributed by atoms with E-state index in [1.54, 1.807) is 24.3 Å². The van der Waals surface area contributed by atoms with Crippen LogP contribution in [0.4, 0.5) is 5.69 Å². The van der Waals surface area contributed by atoms with Gasteiger partial charge in [0.1, 0.15) is 0 Å². The average Bonchev–Trinajstić information content (AvgIpc) is 2.95. The second-order valence-corrected chi connectivity index (χ2v) is 5.07. The van der Waals surface area contributed by atoms with Crippen LogP contribution in [0, 0.1) is 0 Å². The lowest BCUT2D eigenvalue weighted by molar-refractivity contribution is 0.0600. The van der Waals surface area contributed by atoms with Gasteiger partial charge in [0.25, 0.3) is 5.91 Å². The molecule has 0 fully saturated rings. The molecule has 0 saturated carbocycles. The molecule has 0 aliphatic rings. The van der Waals surface area contributed by atoms with E-state index in [1.807, 2.05) is 18.4 Å². The normalized spacial score (nSPS) is 10.1. The van der Waals surface area contributed by atoms with Gasteiger partial charge in [0.2, 0.25) is 0 Å². The number of hydrogen-bond donors (Lipinski definition) is 1. The summed E-state index contributed by atoms with van der Waals surface area (Å²) < 4.78 is 4.62. The lowest BCUT2D eigenvalue weighted by Gasteiger charge is -2.06. The van der Waals surface area contributed by atoms with Crippen LogP contribution in [-0.2, 0) is 11.2 Å². The van der Waals surface area contributed by atoms with Crippen molar-refractivity contribution in [1.29, 1.82) is 0 Å². The predicted molar refractivity (Wildman–Crippen MR) is 79.4 cm³/mol. The number of rotatable bonds is 4. The molecule has 0 atom stereocenters. The zero-order chi connectivity index (χ0) is 14.5. The second-order valence-electron chi connectivity index (χ2n) is 4.15. The largest absolute Gasteiger partial charge is 0.465 e. The van der Waals surface area contributed by atoms with Crippen molar-refractivity contribution < 1.29 is 14.3 Å². The summed E-state index contributed by atoms with van der Waals surface area (Å²) in [6, 6.07) is 8.57. The first-order chi connectivity index (χ1) is 9.65. The van der Waals surface area contributed by atoms with Gasteiger partial charge in [-0.2, -0.15) is 0 Å². The Morgan fingerprint density at radius 3 is 2.50 bits per heavy atom. The van der Waals surface area contributed by atoms with Gasteiger partial charge in [0.05, 0.1) is 17.6 Å². The highest BCUT2D eigenvalue weighted by atomic mass is 32.1. The highest BCUT2D eigenvalue weighted by Crippen LogP contribution is 2.19. The van der Waals surface area contributed by atoms with E-state index in [2.05, 4.69) is 10.1 Å². The van der Waals surface area contributed by atoms with Crippen molar-refractivity contribution >= 4 is 28.9 Å². The van der Waals surface area contributed by atoms with E-state index in [-0.39, 0.29) is 5.91 Å². The van der Waals surface area contributed by atoms with Crippen LogP contribution in [0.5, 0.6) is 0 Å². The van der Waals surface area contributed by atoms with Crippen LogP contribution in [0.2, 0.25) is 0 Å². The molecule has 104 valence electrons. The Bertz CT molecular complexity index is 616. The number of esters is 1. The molecule has 0 saturated heterocycles. The van der Waals surface area contributed by atoms with Crippen LogP contribution in [0.25, 0.3) is 0 Å². The lowest BCUT2D eigenvalue weighted by atomic mass is 10.2. The van der Waals surface area contributed by atoms with Crippen LogP contribution in [0.3, 0.4) is 0 Å². The number of amides is 1. The molecule has 1 aromatic carbocycles. The van der Waals surface area contributed by atoms with Crippen molar-refractivity contribution in [2.75, 3.05) is 12.4 Å². The van der Waals surface area contributed by atoms with E-state index in [0.717, 1.165) is 16.9 Å². The maximum Gasteiger partial charge on any atom is 0.337 e. The number of hydrogen-bond acceptors (Lipinski definition) is 4. The molecule has 1 amide bonds. The number of aryl methyl sites for hydroxylation is 1. The third-order valence-corrected chi connectivity index (χ3v) is 3.85. The van der Waals surface area contributed by atoms with E-state index in [1.165, 1.54) is 18.4 Å². The minimum atomic E-state index is -0.394. The maximum atomic E-state index is 12.1. The van der Waals surface area contributed by atoms with Gasteiger partial charge in [0, 0.05) is 5.69 Å². The van der Waals surface area contributed by atoms with E-state index < -0.39 is 5.97 Å². The molecule has 5 heteroatoms. The van der Waals surface area contributed by atoms with Crippen LogP contribution < -0.4 is 5.32 Å². The molecule has 1 heterocycles. The highest BCUT2D eigenvalue weighted by molar-refractivity contribution is 7.12. The summed E-state index contributed by atoms with van der Waals surface area (Å²) in [7, 11) is 1.33. The molecule has 1 aromatic heterocycles. The fourth-order valence-corrected chi connectivity index (χ4v) is 2.70. The number of benzene rings is 1. The molecule has 0 aliphatic heterocycles. The number of carbonyl (C=O) groups excluding carboxylic acids is 2. The summed E-state index contributed by atoms with van der Waals surface area (Å²) in [5, 5.41) is 4.73. The van der Waals surface area contributed by atoms with Crippen LogP contribution >= 0.6 is 11.3 Å². The van der Waals surface area contributed by atoms with Gasteiger partial charge in [-0.05, 0) is 47.7 Å². The van der Waals surface area contributed by atoms with Crippen molar-refractivity contribution in [1.82, 2.24) is 0 Å². The summed E-state index contributed by atoms with van der Waals surface area (Å²) in [5.41, 5.74) is 2.15. The fourth-order valence-electron chi connectivity index (χ4n) is 1.81. The molecule has 0 spiro atoms. The molecule has 0 unspecified atom stereocenters. The Morgan fingerprint density at radius 1 is 1.20 bits per heavy atom. The SMILES string of the molecule is CCc1ccsc1C(=O)Nc1ccc(C(=O)OC)cc1. The van der Waals surface area contributed by atoms with Gasteiger partial charge in [-0.1, -0.05) is 6.92 Å². The zero-order valence-corrected chi connectivity index (χ0v) is 12.1. The molecule has 0 aliphatic carbocycles. The number of thiophene rings is 1. The molecule has 2 aromatic rings. The van der Waals surface area contributed by atoms with Gasteiger partial charge in [0.15, 0.2) is 0 Å². The monoisotopic (exact) mass is 289 g/mol. The Hall–Kier alpha value is -2.14. The number of methoxy groups -OCH3 is 1. The molecule has 4 nitrogen and oxygen atoms in total. The first-order valence-electron chi connectivity index (χ1n) is 6.21. The van der Waals surface area contributed by atoms with E-state index >= 15 is 0 Å². The molecular weight excluding hydrogens is 274 g/mol. The van der Waals surface area contributed by atoms with Gasteiger partial charge in [-0.25, -0.2) is 4.79 Å². The number of anilines is 1. The Kier molecular flexibility index (Phi) is 4.53. The van der Waals surface area contributed by atoms with E-state index in [4.69, 9.17) is 0 Å². The average molecular weight is 289 g/mol. The Balaban J connectivity index is 2.10. The minimum Gasteiger partial charge on any atom is -0.465 e. The van der Waals surface area contributed by atoms with E-state index in [0.29, 0.717) is 11.3 Å². The molecule has 2 rings (SSSR count). The summed E-state index contributed by atoms with van der Waals surface area (Å²) in [4.78, 5) is 24.2. The van der Waals surface area contributed by atoms with E-state index in [9.17, 15) is 9.59 Å². The summed E-state index contributed by atoms with van der Waals surface area (Å²) >= 11 is 1.43. The van der Waals surface area contributed by atoms with Crippen molar-refractivity contribution in [2.24, 2.45) is 0 Å². The minimum absolute atomic E-state index is 0.123. The summed E-state index contributed by atoms with van der Waals surface area (Å²) in [5.74, 6) is -0.517. The molecule has 0 bridgehead atoms. The first kappa shape index (κ1) is 14.3. The third-order valence-electron chi connectivity index (χ3n) is 2.90. The molecular formula is C15H15NO3S. The van der Waals surface area contributed by atoms with Gasteiger partial charge >= 0.3 is 5.97 Å². The first-order valence-corrected chi connectivity index (χ1v) is 7.09. The predicted octanol–water partition coefficient (Wildman–Crippen LogP) is 3.35. The Labute approximate surface area is 121 Å². The van der Waals surface area contributed by atoms with Crippen molar-refractivity contribution in [3.63, 3.8) is 0 Å². The van der Waals surface area contributed by atoms with Gasteiger partial charge < -0.3 is 10.1 Å². The standard InChI is InChI=1S/C15H15NO3S/c1-3-10-8-9-20-13(10)14(17)16-12-6-4-11(5-7-12)15(18)19-2/h4-9H,3H2,1-2H3,(H,16,17). The molecule has 1 N–H and O–H groups in total. The van der Waals surface area contributed by atoms with Crippen LogP contribution in [0.15, 0.2) is 35.7 Å². The van der Waals surface area contributed by atoms with Crippen molar-refractivity contribution in [2.45, 2.75) is 13.3 Å². The summed E-state index contributed by atoms with van der Waals surface area (Å²) in [6.07, 6.45) is 0.827. The summed E-state index contributed by atoms with van der Waals surface area (Å²) in [6.45, 7) is 2.02. The molecule has 20 heavy (non-hydrogen) atoms. The topological polar surface area (TPSA) is 55.4 Å². The zero-order valence-electron chi connectivity index (χ0n) is 11.3. The third kappa shape index (κ3) is 3.05. The molecule has 0 radical (unpaired) electrons.